The van der Waals surface area contributed by atoms with Gasteiger partial charge in [-0.05, 0) is 31.6 Å². The molecule has 1 saturated heterocycles. The summed E-state index contributed by atoms with van der Waals surface area (Å²) in [7, 11) is 0. The van der Waals surface area contributed by atoms with Crippen LogP contribution in [0.15, 0.2) is 0 Å². The van der Waals surface area contributed by atoms with Gasteiger partial charge in [0.1, 0.15) is 0 Å². The SMILES string of the molecule is CCCC1CCCCN1C(=O)C(C(N)=S)C(C)C. The lowest BCUT2D eigenvalue weighted by molar-refractivity contribution is -0.138. The second-order valence-electron chi connectivity index (χ2n) is 5.59. The number of nitrogens with two attached hydrogens (primary N) is 1. The van der Waals surface area contributed by atoms with E-state index in [1.165, 1.54) is 6.42 Å². The van der Waals surface area contributed by atoms with Crippen LogP contribution in [-0.2, 0) is 4.79 Å². The van der Waals surface area contributed by atoms with Crippen molar-refractivity contribution >= 4 is 23.1 Å². The lowest BCUT2D eigenvalue weighted by Crippen LogP contribution is -2.50. The van der Waals surface area contributed by atoms with Gasteiger partial charge < -0.3 is 10.6 Å². The van der Waals surface area contributed by atoms with Crippen LogP contribution in [-0.4, -0.2) is 28.4 Å². The third kappa shape index (κ3) is 3.67. The number of hydrogen-bond acceptors (Lipinski definition) is 2. The van der Waals surface area contributed by atoms with Gasteiger partial charge in [0.2, 0.25) is 5.91 Å². The highest BCUT2D eigenvalue weighted by Gasteiger charge is 2.33. The summed E-state index contributed by atoms with van der Waals surface area (Å²) in [6.07, 6.45) is 5.67. The first-order chi connectivity index (χ1) is 8.49. The summed E-state index contributed by atoms with van der Waals surface area (Å²) in [5.41, 5.74) is 5.75. The van der Waals surface area contributed by atoms with Gasteiger partial charge >= 0.3 is 0 Å². The summed E-state index contributed by atoms with van der Waals surface area (Å²) in [6.45, 7) is 7.07. The minimum absolute atomic E-state index is 0.149. The Morgan fingerprint density at radius 2 is 2.11 bits per heavy atom. The monoisotopic (exact) mass is 270 g/mol. The molecule has 2 N–H and O–H groups in total. The van der Waals surface area contributed by atoms with E-state index in [1.807, 2.05) is 18.7 Å². The van der Waals surface area contributed by atoms with E-state index in [2.05, 4.69) is 6.92 Å². The van der Waals surface area contributed by atoms with Crippen LogP contribution in [0.1, 0.15) is 52.9 Å². The standard InChI is InChI=1S/C14H26N2OS/c1-4-7-11-8-5-6-9-16(11)14(17)12(10(2)3)13(15)18/h10-12H,4-9H2,1-3H3,(H2,15,18). The molecule has 0 bridgehead atoms. The Morgan fingerprint density at radius 1 is 1.44 bits per heavy atom. The molecule has 0 aromatic heterocycles. The first kappa shape index (κ1) is 15.4. The molecule has 3 nitrogen and oxygen atoms in total. The number of rotatable bonds is 5. The maximum Gasteiger partial charge on any atom is 0.233 e. The molecule has 4 heteroatoms. The third-order valence-corrected chi connectivity index (χ3v) is 4.03. The van der Waals surface area contributed by atoms with Gasteiger partial charge in [-0.15, -0.1) is 0 Å². The molecular formula is C14H26N2OS. The molecule has 1 aliphatic heterocycles. The first-order valence-electron chi connectivity index (χ1n) is 7.08. The van der Waals surface area contributed by atoms with Crippen LogP contribution < -0.4 is 5.73 Å². The Kier molecular flexibility index (Phi) is 6.06. The lowest BCUT2D eigenvalue weighted by Gasteiger charge is -2.38. The number of amides is 1. The minimum Gasteiger partial charge on any atom is -0.393 e. The topological polar surface area (TPSA) is 46.3 Å². The lowest BCUT2D eigenvalue weighted by atomic mass is 9.90. The molecule has 0 aromatic rings. The maximum atomic E-state index is 12.6. The molecular weight excluding hydrogens is 244 g/mol. The van der Waals surface area contributed by atoms with Gasteiger partial charge in [0.05, 0.1) is 10.9 Å². The summed E-state index contributed by atoms with van der Waals surface area (Å²) in [4.78, 5) is 15.0. The summed E-state index contributed by atoms with van der Waals surface area (Å²) in [6, 6.07) is 0.395. The van der Waals surface area contributed by atoms with Crippen molar-refractivity contribution in [2.24, 2.45) is 17.6 Å². The molecule has 104 valence electrons. The van der Waals surface area contributed by atoms with E-state index in [0.717, 1.165) is 32.2 Å². The van der Waals surface area contributed by atoms with Crippen LogP contribution >= 0.6 is 12.2 Å². The van der Waals surface area contributed by atoms with E-state index >= 15 is 0 Å². The van der Waals surface area contributed by atoms with Crippen molar-refractivity contribution in [2.75, 3.05) is 6.54 Å². The van der Waals surface area contributed by atoms with Gasteiger partial charge in [0.25, 0.3) is 0 Å². The number of thiocarbonyl (C=S) groups is 1. The first-order valence-corrected chi connectivity index (χ1v) is 7.49. The largest absolute Gasteiger partial charge is 0.393 e. The zero-order valence-corrected chi connectivity index (χ0v) is 12.6. The normalized spacial score (nSPS) is 22.0. The fraction of sp³-hybridized carbons (Fsp3) is 0.857. The van der Waals surface area contributed by atoms with E-state index in [-0.39, 0.29) is 17.7 Å². The van der Waals surface area contributed by atoms with Gasteiger partial charge in [-0.1, -0.05) is 39.4 Å². The Labute approximate surface area is 116 Å². The van der Waals surface area contributed by atoms with Crippen LogP contribution in [0.5, 0.6) is 0 Å². The van der Waals surface area contributed by atoms with Crippen LogP contribution in [0.3, 0.4) is 0 Å². The molecule has 18 heavy (non-hydrogen) atoms. The van der Waals surface area contributed by atoms with Gasteiger partial charge in [0.15, 0.2) is 0 Å². The zero-order valence-electron chi connectivity index (χ0n) is 11.8. The van der Waals surface area contributed by atoms with Gasteiger partial charge in [-0.2, -0.15) is 0 Å². The quantitative estimate of drug-likeness (QED) is 0.781. The van der Waals surface area contributed by atoms with E-state index in [1.54, 1.807) is 0 Å². The Balaban J connectivity index is 2.81. The van der Waals surface area contributed by atoms with Crippen molar-refractivity contribution in [1.82, 2.24) is 4.90 Å². The predicted molar refractivity (Wildman–Crippen MR) is 79.4 cm³/mol. The number of nitrogens with zero attached hydrogens (tertiary/aromatic N) is 1. The number of hydrogen-bond donors (Lipinski definition) is 1. The van der Waals surface area contributed by atoms with Crippen molar-refractivity contribution in [3.05, 3.63) is 0 Å². The van der Waals surface area contributed by atoms with Crippen molar-refractivity contribution in [2.45, 2.75) is 58.9 Å². The molecule has 0 aliphatic carbocycles. The molecule has 0 saturated carbocycles. The summed E-state index contributed by atoms with van der Waals surface area (Å²) in [5, 5.41) is 0. The Hall–Kier alpha value is -0.640. The van der Waals surface area contributed by atoms with E-state index in [4.69, 9.17) is 18.0 Å². The van der Waals surface area contributed by atoms with Crippen LogP contribution in [0.25, 0.3) is 0 Å². The molecule has 2 atom stereocenters. The van der Waals surface area contributed by atoms with Crippen molar-refractivity contribution in [3.63, 3.8) is 0 Å². The fourth-order valence-corrected chi connectivity index (χ4v) is 3.21. The van der Waals surface area contributed by atoms with Gasteiger partial charge in [-0.3, -0.25) is 4.79 Å². The molecule has 2 unspecified atom stereocenters. The number of carbonyl (C=O) groups is 1. The smallest absolute Gasteiger partial charge is 0.233 e. The molecule has 0 aromatic carbocycles. The summed E-state index contributed by atoms with van der Waals surface area (Å²) >= 11 is 5.07. The van der Waals surface area contributed by atoms with Crippen LogP contribution in [0.4, 0.5) is 0 Å². The maximum absolute atomic E-state index is 12.6. The molecule has 1 rings (SSSR count). The van der Waals surface area contributed by atoms with Gasteiger partial charge in [-0.25, -0.2) is 0 Å². The average molecular weight is 270 g/mol. The molecule has 1 heterocycles. The molecule has 0 radical (unpaired) electrons. The van der Waals surface area contributed by atoms with E-state index < -0.39 is 0 Å². The second kappa shape index (κ2) is 7.07. The molecule has 1 amide bonds. The van der Waals surface area contributed by atoms with Crippen molar-refractivity contribution < 1.29 is 4.79 Å². The molecule has 1 aliphatic rings. The number of piperidine rings is 1. The number of carbonyl (C=O) groups excluding carboxylic acids is 1. The average Bonchev–Trinajstić information content (AvgIpc) is 2.29. The number of likely N-dealkylation sites (tertiary alicyclic amines) is 1. The Bertz CT molecular complexity index is 302. The van der Waals surface area contributed by atoms with E-state index in [0.29, 0.717) is 11.0 Å². The van der Waals surface area contributed by atoms with Crippen LogP contribution in [0.2, 0.25) is 0 Å². The van der Waals surface area contributed by atoms with Gasteiger partial charge in [0, 0.05) is 12.6 Å². The fourth-order valence-electron chi connectivity index (χ4n) is 2.84. The minimum atomic E-state index is -0.294. The third-order valence-electron chi connectivity index (χ3n) is 3.77. The summed E-state index contributed by atoms with van der Waals surface area (Å²) < 4.78 is 0. The highest BCUT2D eigenvalue weighted by molar-refractivity contribution is 7.80. The van der Waals surface area contributed by atoms with E-state index in [9.17, 15) is 4.79 Å². The van der Waals surface area contributed by atoms with Crippen LogP contribution in [0, 0.1) is 11.8 Å². The second-order valence-corrected chi connectivity index (χ2v) is 6.07. The highest BCUT2D eigenvalue weighted by Crippen LogP contribution is 2.25. The molecule has 1 fully saturated rings. The summed E-state index contributed by atoms with van der Waals surface area (Å²) in [5.74, 6) is 0.0345. The van der Waals surface area contributed by atoms with Crippen molar-refractivity contribution in [1.29, 1.82) is 0 Å². The Morgan fingerprint density at radius 3 is 2.61 bits per heavy atom. The van der Waals surface area contributed by atoms with Crippen molar-refractivity contribution in [3.8, 4) is 0 Å². The molecule has 0 spiro atoms. The predicted octanol–water partition coefficient (Wildman–Crippen LogP) is 2.73. The highest BCUT2D eigenvalue weighted by atomic mass is 32.1. The zero-order chi connectivity index (χ0) is 13.7.